The third kappa shape index (κ3) is 2.08. The Morgan fingerprint density at radius 3 is 1.79 bits per heavy atom. The van der Waals surface area contributed by atoms with Gasteiger partial charge in [-0.15, -0.1) is 0 Å². The second kappa shape index (κ2) is 4.77. The Hall–Kier alpha value is -2.28. The van der Waals surface area contributed by atoms with E-state index in [1.807, 2.05) is 48.6 Å². The lowest BCUT2D eigenvalue weighted by Crippen LogP contribution is -2.26. The van der Waals surface area contributed by atoms with Gasteiger partial charge in [-0.2, -0.15) is 0 Å². The standard InChI is InChI=1S/C18H16O/c19-17-12-7-13-18(14-17,15-8-3-1-4-9-15)16-10-5-2-6-11-16/h1-12,14,19H,13H2. The summed E-state index contributed by atoms with van der Waals surface area (Å²) in [5.74, 6) is 0.332. The van der Waals surface area contributed by atoms with Gasteiger partial charge in [0.15, 0.2) is 0 Å². The van der Waals surface area contributed by atoms with Crippen molar-refractivity contribution in [3.63, 3.8) is 0 Å². The normalized spacial score (nSPS) is 16.9. The van der Waals surface area contributed by atoms with E-state index in [0.717, 1.165) is 6.42 Å². The molecular formula is C18H16O. The average Bonchev–Trinajstić information content (AvgIpc) is 2.49. The number of aliphatic hydroxyl groups is 1. The highest BCUT2D eigenvalue weighted by atomic mass is 16.3. The first-order chi connectivity index (χ1) is 9.31. The Morgan fingerprint density at radius 1 is 0.789 bits per heavy atom. The van der Waals surface area contributed by atoms with Crippen molar-refractivity contribution in [3.8, 4) is 0 Å². The predicted octanol–water partition coefficient (Wildman–Crippen LogP) is 4.37. The van der Waals surface area contributed by atoms with Crippen LogP contribution in [-0.2, 0) is 5.41 Å². The van der Waals surface area contributed by atoms with Gasteiger partial charge >= 0.3 is 0 Å². The van der Waals surface area contributed by atoms with Gasteiger partial charge in [0.2, 0.25) is 0 Å². The smallest absolute Gasteiger partial charge is 0.112 e. The van der Waals surface area contributed by atoms with Crippen LogP contribution in [0.4, 0.5) is 0 Å². The number of aliphatic hydroxyl groups excluding tert-OH is 1. The monoisotopic (exact) mass is 248 g/mol. The Labute approximate surface area is 113 Å². The molecule has 19 heavy (non-hydrogen) atoms. The van der Waals surface area contributed by atoms with Crippen LogP contribution in [-0.4, -0.2) is 5.11 Å². The molecule has 0 spiro atoms. The summed E-state index contributed by atoms with van der Waals surface area (Å²) in [4.78, 5) is 0. The van der Waals surface area contributed by atoms with Crippen molar-refractivity contribution in [3.05, 3.63) is 95.8 Å². The maximum absolute atomic E-state index is 9.94. The van der Waals surface area contributed by atoms with E-state index in [1.54, 1.807) is 6.08 Å². The zero-order valence-electron chi connectivity index (χ0n) is 10.7. The minimum absolute atomic E-state index is 0.263. The van der Waals surface area contributed by atoms with Gasteiger partial charge in [-0.1, -0.05) is 66.7 Å². The van der Waals surface area contributed by atoms with Crippen molar-refractivity contribution in [2.24, 2.45) is 0 Å². The molecule has 3 rings (SSSR count). The molecule has 94 valence electrons. The fraction of sp³-hybridized carbons (Fsp3) is 0.111. The van der Waals surface area contributed by atoms with Gasteiger partial charge in [-0.25, -0.2) is 0 Å². The SMILES string of the molecule is OC1=CC(c2ccccc2)(c2ccccc2)CC=C1. The first-order valence-corrected chi connectivity index (χ1v) is 6.51. The van der Waals surface area contributed by atoms with E-state index in [1.165, 1.54) is 11.1 Å². The third-order valence-corrected chi connectivity index (χ3v) is 3.70. The van der Waals surface area contributed by atoms with Gasteiger partial charge in [0.1, 0.15) is 5.76 Å². The molecule has 0 saturated carbocycles. The van der Waals surface area contributed by atoms with Gasteiger partial charge in [0.05, 0.1) is 0 Å². The summed E-state index contributed by atoms with van der Waals surface area (Å²) in [6.45, 7) is 0. The van der Waals surface area contributed by atoms with Gasteiger partial charge in [0.25, 0.3) is 0 Å². The molecule has 2 aromatic rings. The van der Waals surface area contributed by atoms with Crippen LogP contribution in [0.1, 0.15) is 17.5 Å². The summed E-state index contributed by atoms with van der Waals surface area (Å²) in [6, 6.07) is 20.7. The van der Waals surface area contributed by atoms with E-state index in [-0.39, 0.29) is 5.41 Å². The summed E-state index contributed by atoms with van der Waals surface area (Å²) >= 11 is 0. The van der Waals surface area contributed by atoms with Crippen molar-refractivity contribution < 1.29 is 5.11 Å². The summed E-state index contributed by atoms with van der Waals surface area (Å²) in [5, 5.41) is 9.94. The summed E-state index contributed by atoms with van der Waals surface area (Å²) < 4.78 is 0. The zero-order chi connectivity index (χ0) is 13.1. The van der Waals surface area contributed by atoms with Crippen LogP contribution in [0.2, 0.25) is 0 Å². The molecule has 0 aliphatic heterocycles. The van der Waals surface area contributed by atoms with E-state index in [4.69, 9.17) is 0 Å². The molecular weight excluding hydrogens is 232 g/mol. The molecule has 0 bridgehead atoms. The summed E-state index contributed by atoms with van der Waals surface area (Å²) in [7, 11) is 0. The molecule has 1 N–H and O–H groups in total. The number of rotatable bonds is 2. The van der Waals surface area contributed by atoms with E-state index < -0.39 is 0 Å². The Bertz CT molecular complexity index is 569. The number of allylic oxidation sites excluding steroid dienone is 3. The van der Waals surface area contributed by atoms with Crippen molar-refractivity contribution in [2.45, 2.75) is 11.8 Å². The molecule has 0 fully saturated rings. The van der Waals surface area contributed by atoms with Crippen molar-refractivity contribution in [2.75, 3.05) is 0 Å². The Balaban J connectivity index is 2.20. The van der Waals surface area contributed by atoms with Crippen molar-refractivity contribution in [1.29, 1.82) is 0 Å². The highest BCUT2D eigenvalue weighted by Gasteiger charge is 2.32. The molecule has 1 nitrogen and oxygen atoms in total. The second-order valence-corrected chi connectivity index (χ2v) is 4.88. The molecule has 0 radical (unpaired) electrons. The molecule has 0 atom stereocenters. The van der Waals surface area contributed by atoms with Crippen LogP contribution in [0.25, 0.3) is 0 Å². The molecule has 0 unspecified atom stereocenters. The number of hydrogen-bond donors (Lipinski definition) is 1. The number of benzene rings is 2. The Morgan fingerprint density at radius 2 is 1.32 bits per heavy atom. The van der Waals surface area contributed by atoms with Crippen LogP contribution in [0.5, 0.6) is 0 Å². The van der Waals surface area contributed by atoms with Gasteiger partial charge in [-0.3, -0.25) is 0 Å². The molecule has 0 heterocycles. The molecule has 0 aromatic heterocycles. The molecule has 1 aliphatic rings. The third-order valence-electron chi connectivity index (χ3n) is 3.70. The van der Waals surface area contributed by atoms with E-state index in [9.17, 15) is 5.11 Å². The quantitative estimate of drug-likeness (QED) is 0.836. The lowest BCUT2D eigenvalue weighted by molar-refractivity contribution is 0.415. The second-order valence-electron chi connectivity index (χ2n) is 4.88. The van der Waals surface area contributed by atoms with Gasteiger partial charge in [-0.05, 0) is 29.7 Å². The molecule has 1 aliphatic carbocycles. The van der Waals surface area contributed by atoms with Gasteiger partial charge in [0, 0.05) is 5.41 Å². The Kier molecular flexibility index (Phi) is 2.96. The lowest BCUT2D eigenvalue weighted by Gasteiger charge is -2.33. The van der Waals surface area contributed by atoms with E-state index >= 15 is 0 Å². The first kappa shape index (κ1) is 11.8. The highest BCUT2D eigenvalue weighted by molar-refractivity contribution is 5.48. The number of hydrogen-bond acceptors (Lipinski definition) is 1. The molecule has 1 heteroatoms. The lowest BCUT2D eigenvalue weighted by atomic mass is 9.70. The van der Waals surface area contributed by atoms with Crippen molar-refractivity contribution >= 4 is 0 Å². The van der Waals surface area contributed by atoms with Crippen LogP contribution in [0.3, 0.4) is 0 Å². The fourth-order valence-corrected chi connectivity index (χ4v) is 2.77. The maximum atomic E-state index is 9.94. The van der Waals surface area contributed by atoms with E-state index in [2.05, 4.69) is 24.3 Å². The van der Waals surface area contributed by atoms with Crippen LogP contribution in [0.15, 0.2) is 84.7 Å². The summed E-state index contributed by atoms with van der Waals surface area (Å²) in [5.41, 5.74) is 2.15. The predicted molar refractivity (Wildman–Crippen MR) is 78.1 cm³/mol. The minimum Gasteiger partial charge on any atom is -0.508 e. The average molecular weight is 248 g/mol. The fourth-order valence-electron chi connectivity index (χ4n) is 2.77. The van der Waals surface area contributed by atoms with Crippen LogP contribution in [0, 0.1) is 0 Å². The van der Waals surface area contributed by atoms with E-state index in [0.29, 0.717) is 5.76 Å². The van der Waals surface area contributed by atoms with Gasteiger partial charge < -0.3 is 5.11 Å². The molecule has 2 aromatic carbocycles. The highest BCUT2D eigenvalue weighted by Crippen LogP contribution is 2.40. The zero-order valence-corrected chi connectivity index (χ0v) is 10.7. The minimum atomic E-state index is -0.263. The van der Waals surface area contributed by atoms with Crippen LogP contribution >= 0.6 is 0 Å². The largest absolute Gasteiger partial charge is 0.508 e. The first-order valence-electron chi connectivity index (χ1n) is 6.51. The molecule has 0 amide bonds. The maximum Gasteiger partial charge on any atom is 0.112 e. The topological polar surface area (TPSA) is 20.2 Å². The molecule has 0 saturated heterocycles. The van der Waals surface area contributed by atoms with Crippen molar-refractivity contribution in [1.82, 2.24) is 0 Å². The van der Waals surface area contributed by atoms with Crippen LogP contribution < -0.4 is 0 Å². The summed E-state index contributed by atoms with van der Waals surface area (Å²) in [6.07, 6.45) is 6.63.